The Bertz CT molecular complexity index is 413. The molecular weight excluding hydrogens is 352 g/mol. The summed E-state index contributed by atoms with van der Waals surface area (Å²) in [4.78, 5) is 31.5. The van der Waals surface area contributed by atoms with Gasteiger partial charge >= 0.3 is 11.9 Å². The van der Waals surface area contributed by atoms with E-state index in [1.165, 1.54) is 0 Å². The van der Waals surface area contributed by atoms with Gasteiger partial charge in [0.2, 0.25) is 0 Å². The van der Waals surface area contributed by atoms with Crippen molar-refractivity contribution in [1.82, 2.24) is 0 Å². The predicted molar refractivity (Wildman–Crippen MR) is 88.2 cm³/mol. The second-order valence-electron chi connectivity index (χ2n) is 4.88. The third-order valence-corrected chi connectivity index (χ3v) is 2.86. The lowest BCUT2D eigenvalue weighted by Gasteiger charge is -2.22. The Kier molecular flexibility index (Phi) is 16.4. The molecule has 10 heteroatoms. The van der Waals surface area contributed by atoms with E-state index in [0.29, 0.717) is 12.8 Å². The topological polar surface area (TPSA) is 171 Å². The van der Waals surface area contributed by atoms with Crippen molar-refractivity contribution in [3.05, 3.63) is 25.7 Å². The number of ether oxygens (including phenoxy) is 2. The van der Waals surface area contributed by atoms with Crippen molar-refractivity contribution in [2.75, 3.05) is 6.61 Å². The lowest BCUT2D eigenvalue weighted by molar-refractivity contribution is -0.140. The summed E-state index contributed by atoms with van der Waals surface area (Å²) in [6.07, 6.45) is -2.89. The van der Waals surface area contributed by atoms with E-state index < -0.39 is 31.0 Å². The Morgan fingerprint density at radius 1 is 0.885 bits per heavy atom. The second kappa shape index (κ2) is 16.4. The largest absolute Gasteiger partial charge is 0.435 e. The summed E-state index contributed by atoms with van der Waals surface area (Å²) in [7, 11) is 0. The van der Waals surface area contributed by atoms with E-state index >= 15 is 0 Å². The summed E-state index contributed by atoms with van der Waals surface area (Å²) in [5, 5.41) is 43.5. The fraction of sp³-hybridized carbons (Fsp3) is 0.562. The Balaban J connectivity index is 0. The molecular formula is C16H26O10. The van der Waals surface area contributed by atoms with Gasteiger partial charge in [-0.3, -0.25) is 9.59 Å². The van der Waals surface area contributed by atoms with Crippen LogP contribution < -0.4 is 0 Å². The number of hydrogen-bond acceptors (Lipinski definition) is 10. The molecule has 10 nitrogen and oxygen atoms in total. The fourth-order valence-electron chi connectivity index (χ4n) is 1.46. The number of hydrogen-bond donors (Lipinski definition) is 5. The van der Waals surface area contributed by atoms with Crippen molar-refractivity contribution in [2.45, 2.75) is 50.1 Å². The van der Waals surface area contributed by atoms with E-state index in [1.54, 1.807) is 0 Å². The molecule has 0 spiro atoms. The molecule has 0 rings (SSSR count). The summed E-state index contributed by atoms with van der Waals surface area (Å²) >= 11 is 0. The molecule has 0 aromatic carbocycles. The Morgan fingerprint density at radius 2 is 1.31 bits per heavy atom. The zero-order valence-corrected chi connectivity index (χ0v) is 14.3. The molecule has 0 saturated heterocycles. The minimum Gasteiger partial charge on any atom is -0.435 e. The van der Waals surface area contributed by atoms with E-state index in [1.807, 2.05) is 0 Å². The van der Waals surface area contributed by atoms with E-state index in [0.717, 1.165) is 12.5 Å². The van der Waals surface area contributed by atoms with Gasteiger partial charge in [0, 0.05) is 12.8 Å². The average Bonchev–Trinajstić information content (AvgIpc) is 2.63. The molecule has 0 bridgehead atoms. The van der Waals surface area contributed by atoms with Crippen molar-refractivity contribution >= 4 is 18.2 Å². The van der Waals surface area contributed by atoms with Gasteiger partial charge in [-0.25, -0.2) is 0 Å². The summed E-state index contributed by atoms with van der Waals surface area (Å²) in [5.74, 6) is -0.672. The summed E-state index contributed by atoms with van der Waals surface area (Å²) in [6, 6.07) is 0. The molecule has 150 valence electrons. The molecule has 0 saturated carbocycles. The van der Waals surface area contributed by atoms with Crippen molar-refractivity contribution in [1.29, 1.82) is 0 Å². The second-order valence-corrected chi connectivity index (χ2v) is 4.88. The number of carbonyl (C=O) groups is 3. The first kappa shape index (κ1) is 26.1. The van der Waals surface area contributed by atoms with Crippen LogP contribution >= 0.6 is 0 Å². The minimum atomic E-state index is -1.79. The number of rotatable bonds is 12. The summed E-state index contributed by atoms with van der Waals surface area (Å²) in [5.41, 5.74) is 0. The molecule has 4 atom stereocenters. The number of carbonyl (C=O) groups excluding carboxylic acids is 3. The molecule has 0 aliphatic heterocycles. The van der Waals surface area contributed by atoms with E-state index in [2.05, 4.69) is 22.6 Å². The standard InChI is InChI=1S/C10H14O4.C6H12O6/c1-3-13-9(11)7-5-6-8-10(12)14-4-2;7-1-3(9)5(11)6(12)4(10)2-8/h3-4H,1-2,5-8H2;1,3-6,8-12H,2H2. The minimum absolute atomic E-state index is 0.0258. The van der Waals surface area contributed by atoms with Crippen LogP contribution in [-0.4, -0.2) is 74.8 Å². The smallest absolute Gasteiger partial charge is 0.310 e. The lowest BCUT2D eigenvalue weighted by atomic mass is 10.0. The molecule has 5 N–H and O–H groups in total. The van der Waals surface area contributed by atoms with E-state index in [9.17, 15) is 14.4 Å². The zero-order valence-electron chi connectivity index (χ0n) is 14.3. The van der Waals surface area contributed by atoms with Gasteiger partial charge in [0.1, 0.15) is 24.4 Å². The van der Waals surface area contributed by atoms with Crippen molar-refractivity contribution in [2.24, 2.45) is 0 Å². The van der Waals surface area contributed by atoms with Gasteiger partial charge in [-0.1, -0.05) is 13.2 Å². The van der Waals surface area contributed by atoms with Crippen LogP contribution in [0.15, 0.2) is 25.7 Å². The van der Waals surface area contributed by atoms with E-state index in [4.69, 9.17) is 25.5 Å². The third kappa shape index (κ3) is 13.2. The Labute approximate surface area is 151 Å². The highest BCUT2D eigenvalue weighted by Crippen LogP contribution is 2.03. The monoisotopic (exact) mass is 378 g/mol. The van der Waals surface area contributed by atoms with Crippen LogP contribution in [0.2, 0.25) is 0 Å². The van der Waals surface area contributed by atoms with Crippen LogP contribution in [0.1, 0.15) is 25.7 Å². The first-order valence-corrected chi connectivity index (χ1v) is 7.64. The average molecular weight is 378 g/mol. The maximum atomic E-state index is 10.8. The van der Waals surface area contributed by atoms with Gasteiger partial charge in [-0.2, -0.15) is 0 Å². The van der Waals surface area contributed by atoms with Gasteiger partial charge in [0.05, 0.1) is 19.1 Å². The van der Waals surface area contributed by atoms with Gasteiger partial charge in [0.15, 0.2) is 6.29 Å². The first-order chi connectivity index (χ1) is 12.2. The molecule has 4 unspecified atom stereocenters. The zero-order chi connectivity index (χ0) is 20.5. The molecule has 0 aromatic rings. The van der Waals surface area contributed by atoms with Gasteiger partial charge in [0.25, 0.3) is 0 Å². The van der Waals surface area contributed by atoms with Crippen molar-refractivity contribution in [3.63, 3.8) is 0 Å². The number of esters is 2. The highest BCUT2D eigenvalue weighted by atomic mass is 16.5. The van der Waals surface area contributed by atoms with Crippen LogP contribution in [0.4, 0.5) is 0 Å². The molecule has 0 radical (unpaired) electrons. The van der Waals surface area contributed by atoms with Gasteiger partial charge in [-0.15, -0.1) is 0 Å². The van der Waals surface area contributed by atoms with Crippen LogP contribution in [0.5, 0.6) is 0 Å². The highest BCUT2D eigenvalue weighted by molar-refractivity contribution is 5.71. The Morgan fingerprint density at radius 3 is 1.62 bits per heavy atom. The number of aldehydes is 1. The van der Waals surface area contributed by atoms with E-state index in [-0.39, 0.29) is 31.1 Å². The van der Waals surface area contributed by atoms with Gasteiger partial charge < -0.3 is 39.8 Å². The molecule has 0 aliphatic rings. The molecule has 0 heterocycles. The van der Waals surface area contributed by atoms with Crippen LogP contribution in [0.25, 0.3) is 0 Å². The van der Waals surface area contributed by atoms with Crippen LogP contribution in [0.3, 0.4) is 0 Å². The van der Waals surface area contributed by atoms with Crippen molar-refractivity contribution < 1.29 is 49.4 Å². The first-order valence-electron chi connectivity index (χ1n) is 7.64. The molecule has 0 aromatic heterocycles. The predicted octanol–water partition coefficient (Wildman–Crippen LogP) is -1.46. The lowest BCUT2D eigenvalue weighted by Crippen LogP contribution is -2.46. The maximum absolute atomic E-state index is 10.8. The maximum Gasteiger partial charge on any atom is 0.310 e. The molecule has 26 heavy (non-hydrogen) atoms. The van der Waals surface area contributed by atoms with Gasteiger partial charge in [-0.05, 0) is 12.8 Å². The van der Waals surface area contributed by atoms with Crippen LogP contribution in [-0.2, 0) is 23.9 Å². The summed E-state index contributed by atoms with van der Waals surface area (Å²) in [6.45, 7) is 5.75. The number of aliphatic hydroxyl groups excluding tert-OH is 5. The van der Waals surface area contributed by atoms with Crippen molar-refractivity contribution in [3.8, 4) is 0 Å². The Hall–Kier alpha value is -2.11. The van der Waals surface area contributed by atoms with Crippen LogP contribution in [0, 0.1) is 0 Å². The SMILES string of the molecule is C=COC(=O)CCCCC(=O)OC=C.O=CC(O)C(O)C(O)C(O)CO. The number of unbranched alkanes of at least 4 members (excludes halogenated alkanes) is 1. The highest BCUT2D eigenvalue weighted by Gasteiger charge is 2.29. The summed E-state index contributed by atoms with van der Waals surface area (Å²) < 4.78 is 8.98. The normalized spacial score (nSPS) is 14.5. The molecule has 0 fully saturated rings. The quantitative estimate of drug-likeness (QED) is 0.117. The third-order valence-electron chi connectivity index (χ3n) is 2.86. The fourth-order valence-corrected chi connectivity index (χ4v) is 1.46. The molecule has 0 aliphatic carbocycles. The number of aliphatic hydroxyl groups is 5. The molecule has 0 amide bonds.